The molecule has 6 nitrogen and oxygen atoms in total. The minimum atomic E-state index is -0.481. The molecule has 5 rings (SSSR count). The van der Waals surface area contributed by atoms with Crippen molar-refractivity contribution in [3.63, 3.8) is 0 Å². The highest BCUT2D eigenvalue weighted by Gasteiger charge is 2.33. The summed E-state index contributed by atoms with van der Waals surface area (Å²) in [6.45, 7) is 0. The molecule has 0 saturated carbocycles. The Kier molecular flexibility index (Phi) is 4.31. The maximum absolute atomic E-state index is 12.5. The van der Waals surface area contributed by atoms with Crippen LogP contribution in [-0.2, 0) is 4.79 Å². The fraction of sp³-hybridized carbons (Fsp3) is 0.217. The Morgan fingerprint density at radius 1 is 1.17 bits per heavy atom. The summed E-state index contributed by atoms with van der Waals surface area (Å²) in [5.74, 6) is 0.0922. The van der Waals surface area contributed by atoms with Crippen LogP contribution in [0, 0.1) is 5.92 Å². The first-order valence-electron chi connectivity index (χ1n) is 9.77. The summed E-state index contributed by atoms with van der Waals surface area (Å²) >= 11 is 0. The first-order valence-corrected chi connectivity index (χ1v) is 9.77. The summed E-state index contributed by atoms with van der Waals surface area (Å²) in [5, 5.41) is 6.82. The zero-order valence-electron chi connectivity index (χ0n) is 15.7. The number of fused-ring (bicyclic) bond motifs is 2. The number of amides is 2. The molecule has 0 radical (unpaired) electrons. The van der Waals surface area contributed by atoms with Crippen LogP contribution in [0.15, 0.2) is 81.0 Å². The molecular formula is C23H19N3O3. The Bertz CT molecular complexity index is 1120. The zero-order chi connectivity index (χ0) is 19.8. The van der Waals surface area contributed by atoms with Gasteiger partial charge in [0.25, 0.3) is 11.8 Å². The molecule has 0 fully saturated rings. The van der Waals surface area contributed by atoms with Gasteiger partial charge in [0.15, 0.2) is 11.5 Å². The van der Waals surface area contributed by atoms with Gasteiger partial charge in [0.05, 0.1) is 5.71 Å². The lowest BCUT2D eigenvalue weighted by atomic mass is 9.77. The molecule has 2 heterocycles. The van der Waals surface area contributed by atoms with Crippen molar-refractivity contribution in [2.75, 3.05) is 0 Å². The SMILES string of the molecule is O=C1NC2=CC(=NC(=O)c3cc(-c4ccccc4)on3)C=CC2C2=C1CCCC2. The van der Waals surface area contributed by atoms with Crippen molar-refractivity contribution in [3.8, 4) is 11.3 Å². The van der Waals surface area contributed by atoms with Gasteiger partial charge in [0.1, 0.15) is 0 Å². The number of aliphatic imine (C=N–C) groups is 1. The van der Waals surface area contributed by atoms with E-state index in [1.54, 1.807) is 12.1 Å². The molecule has 2 aliphatic carbocycles. The summed E-state index contributed by atoms with van der Waals surface area (Å²) in [6.07, 6.45) is 9.58. The van der Waals surface area contributed by atoms with Crippen molar-refractivity contribution >= 4 is 17.5 Å². The molecule has 1 aromatic carbocycles. The van der Waals surface area contributed by atoms with Crippen LogP contribution in [0.4, 0.5) is 0 Å². The lowest BCUT2D eigenvalue weighted by Gasteiger charge is -2.33. The first-order chi connectivity index (χ1) is 14.2. The molecule has 144 valence electrons. The fourth-order valence-corrected chi connectivity index (χ4v) is 4.11. The van der Waals surface area contributed by atoms with E-state index >= 15 is 0 Å². The van der Waals surface area contributed by atoms with Crippen molar-refractivity contribution in [1.29, 1.82) is 0 Å². The summed E-state index contributed by atoms with van der Waals surface area (Å²) in [6, 6.07) is 11.0. The van der Waals surface area contributed by atoms with Crippen LogP contribution in [-0.4, -0.2) is 22.7 Å². The highest BCUT2D eigenvalue weighted by atomic mass is 16.5. The van der Waals surface area contributed by atoms with E-state index in [4.69, 9.17) is 4.52 Å². The second-order valence-electron chi connectivity index (χ2n) is 7.39. The number of nitrogens with one attached hydrogen (secondary N) is 1. The van der Waals surface area contributed by atoms with Crippen LogP contribution >= 0.6 is 0 Å². The number of benzene rings is 1. The van der Waals surface area contributed by atoms with Gasteiger partial charge < -0.3 is 9.84 Å². The molecule has 1 atom stereocenters. The summed E-state index contributed by atoms with van der Waals surface area (Å²) in [5.41, 5.74) is 4.40. The monoisotopic (exact) mass is 385 g/mol. The van der Waals surface area contributed by atoms with Gasteiger partial charge in [-0.1, -0.05) is 41.6 Å². The Hall–Kier alpha value is -3.54. The Morgan fingerprint density at radius 3 is 2.86 bits per heavy atom. The summed E-state index contributed by atoms with van der Waals surface area (Å²) in [4.78, 5) is 29.1. The quantitative estimate of drug-likeness (QED) is 0.847. The number of hydrogen-bond acceptors (Lipinski definition) is 4. The smallest absolute Gasteiger partial charge is 0.299 e. The molecule has 0 saturated heterocycles. The van der Waals surface area contributed by atoms with E-state index in [-0.39, 0.29) is 17.5 Å². The highest BCUT2D eigenvalue weighted by molar-refractivity contribution is 6.14. The largest absolute Gasteiger partial charge is 0.355 e. The number of allylic oxidation sites excluding steroid dienone is 3. The van der Waals surface area contributed by atoms with E-state index in [0.717, 1.165) is 42.5 Å². The Morgan fingerprint density at radius 2 is 2.00 bits per heavy atom. The molecule has 0 bridgehead atoms. The molecule has 3 aliphatic rings. The first kappa shape index (κ1) is 17.6. The number of carbonyl (C=O) groups is 2. The van der Waals surface area contributed by atoms with E-state index in [9.17, 15) is 9.59 Å². The van der Waals surface area contributed by atoms with E-state index in [2.05, 4.69) is 15.5 Å². The molecule has 1 unspecified atom stereocenters. The van der Waals surface area contributed by atoms with Gasteiger partial charge in [-0.25, -0.2) is 4.99 Å². The van der Waals surface area contributed by atoms with Crippen molar-refractivity contribution in [2.45, 2.75) is 25.7 Å². The topological polar surface area (TPSA) is 84.6 Å². The van der Waals surface area contributed by atoms with E-state index < -0.39 is 5.91 Å². The van der Waals surface area contributed by atoms with Crippen molar-refractivity contribution in [3.05, 3.63) is 77.2 Å². The average Bonchev–Trinajstić information content (AvgIpc) is 3.25. The molecule has 2 aromatic rings. The molecule has 29 heavy (non-hydrogen) atoms. The predicted octanol–water partition coefficient (Wildman–Crippen LogP) is 3.99. The number of carbonyl (C=O) groups excluding carboxylic acids is 2. The summed E-state index contributed by atoms with van der Waals surface area (Å²) < 4.78 is 5.28. The average molecular weight is 385 g/mol. The standard InChI is InChI=1S/C23H19N3O3/c27-22-18-9-5-4-8-16(18)17-11-10-15(12-19(17)25-22)24-23(28)20-13-21(29-26-20)14-6-2-1-3-7-14/h1-3,6-7,10-13,17H,4-5,8-9H2,(H,25,27). The molecule has 6 heteroatoms. The third kappa shape index (κ3) is 3.27. The lowest BCUT2D eigenvalue weighted by molar-refractivity contribution is -0.117. The Labute approximate surface area is 167 Å². The van der Waals surface area contributed by atoms with Gasteiger partial charge in [0, 0.05) is 28.8 Å². The van der Waals surface area contributed by atoms with Gasteiger partial charge in [0.2, 0.25) is 0 Å². The van der Waals surface area contributed by atoms with Crippen molar-refractivity contribution < 1.29 is 14.1 Å². The van der Waals surface area contributed by atoms with Crippen LogP contribution in [0.1, 0.15) is 36.2 Å². The molecule has 1 aliphatic heterocycles. The van der Waals surface area contributed by atoms with Crippen LogP contribution in [0.25, 0.3) is 11.3 Å². The summed E-state index contributed by atoms with van der Waals surface area (Å²) in [7, 11) is 0. The zero-order valence-corrected chi connectivity index (χ0v) is 15.7. The molecule has 1 N–H and O–H groups in total. The molecule has 1 aromatic heterocycles. The van der Waals surface area contributed by atoms with Gasteiger partial charge >= 0.3 is 0 Å². The minimum Gasteiger partial charge on any atom is -0.355 e. The van der Waals surface area contributed by atoms with E-state index in [1.165, 1.54) is 5.57 Å². The lowest BCUT2D eigenvalue weighted by Crippen LogP contribution is -2.37. The van der Waals surface area contributed by atoms with Gasteiger partial charge in [-0.2, -0.15) is 0 Å². The van der Waals surface area contributed by atoms with Crippen LogP contribution < -0.4 is 5.32 Å². The number of aromatic nitrogens is 1. The second-order valence-corrected chi connectivity index (χ2v) is 7.39. The van der Waals surface area contributed by atoms with Crippen LogP contribution in [0.3, 0.4) is 0 Å². The van der Waals surface area contributed by atoms with Crippen LogP contribution in [0.2, 0.25) is 0 Å². The Balaban J connectivity index is 1.39. The van der Waals surface area contributed by atoms with E-state index in [0.29, 0.717) is 11.5 Å². The van der Waals surface area contributed by atoms with Gasteiger partial charge in [-0.3, -0.25) is 9.59 Å². The third-order valence-electron chi connectivity index (χ3n) is 5.53. The number of hydrogen-bond donors (Lipinski definition) is 1. The maximum atomic E-state index is 12.5. The number of rotatable bonds is 2. The molecule has 2 amide bonds. The molecule has 0 spiro atoms. The number of nitrogens with zero attached hydrogens (tertiary/aromatic N) is 2. The molecular weight excluding hydrogens is 366 g/mol. The predicted molar refractivity (Wildman–Crippen MR) is 108 cm³/mol. The maximum Gasteiger partial charge on any atom is 0.299 e. The fourth-order valence-electron chi connectivity index (χ4n) is 4.11. The van der Waals surface area contributed by atoms with Crippen molar-refractivity contribution in [1.82, 2.24) is 10.5 Å². The highest BCUT2D eigenvalue weighted by Crippen LogP contribution is 2.38. The van der Waals surface area contributed by atoms with Gasteiger partial charge in [-0.05, 0) is 43.4 Å². The second kappa shape index (κ2) is 7.13. The van der Waals surface area contributed by atoms with E-state index in [1.807, 2.05) is 42.5 Å². The normalized spacial score (nSPS) is 22.1. The van der Waals surface area contributed by atoms with Crippen molar-refractivity contribution in [2.24, 2.45) is 10.9 Å². The van der Waals surface area contributed by atoms with Gasteiger partial charge in [-0.15, -0.1) is 0 Å². The van der Waals surface area contributed by atoms with Crippen LogP contribution in [0.5, 0.6) is 0 Å². The third-order valence-corrected chi connectivity index (χ3v) is 5.53. The minimum absolute atomic E-state index is 0.0211.